The molecule has 2 aromatic carbocycles. The number of ether oxygens (including phenoxy) is 1. The van der Waals surface area contributed by atoms with E-state index in [2.05, 4.69) is 94.9 Å². The lowest BCUT2D eigenvalue weighted by molar-refractivity contribution is -0.751. The zero-order valence-corrected chi connectivity index (χ0v) is 42.9. The third kappa shape index (κ3) is 11.1. The Hall–Kier alpha value is -6.02. The molecule has 1 amide bonds. The number of benzene rings is 2. The van der Waals surface area contributed by atoms with Crippen molar-refractivity contribution in [3.05, 3.63) is 131 Å². The number of rotatable bonds is 15. The number of quaternary nitrogens is 1. The number of carbonyl (C=O) groups is 1. The number of aliphatic hydroxyl groups is 1. The summed E-state index contributed by atoms with van der Waals surface area (Å²) >= 11 is 0. The van der Waals surface area contributed by atoms with Crippen LogP contribution in [0.1, 0.15) is 111 Å². The molecule has 0 bridgehead atoms. The topological polar surface area (TPSA) is 196 Å². The Morgan fingerprint density at radius 2 is 1.74 bits per heavy atom. The molecule has 4 fully saturated rings. The van der Waals surface area contributed by atoms with Gasteiger partial charge in [0.05, 0.1) is 36.0 Å². The maximum absolute atomic E-state index is 14.7. The summed E-state index contributed by atoms with van der Waals surface area (Å²) in [6.07, 6.45) is 14.7. The maximum atomic E-state index is 14.7. The average Bonchev–Trinajstić information content (AvgIpc) is 3.74. The van der Waals surface area contributed by atoms with Crippen LogP contribution in [-0.4, -0.2) is 107 Å². The first-order valence-electron chi connectivity index (χ1n) is 25.7. The van der Waals surface area contributed by atoms with E-state index in [1.54, 1.807) is 18.2 Å². The van der Waals surface area contributed by atoms with Crippen LogP contribution in [0.4, 0.5) is 21.6 Å². The molecule has 2 aliphatic carbocycles. The number of aromatic nitrogens is 4. The van der Waals surface area contributed by atoms with E-state index in [9.17, 15) is 27.9 Å². The smallest absolute Gasteiger partial charge is 0.268 e. The number of hydrogen-bond donors (Lipinski definition) is 5. The van der Waals surface area contributed by atoms with Crippen LogP contribution in [0, 0.1) is 22.4 Å². The molecule has 0 radical (unpaired) electrons. The van der Waals surface area contributed by atoms with Gasteiger partial charge in [-0.2, -0.15) is 0 Å². The molecule has 18 heteroatoms. The van der Waals surface area contributed by atoms with E-state index in [-0.39, 0.29) is 50.2 Å². The number of halogens is 1. The van der Waals surface area contributed by atoms with E-state index >= 15 is 0 Å². The summed E-state index contributed by atoms with van der Waals surface area (Å²) in [6.45, 7) is 12.4. The Morgan fingerprint density at radius 3 is 2.48 bits per heavy atom. The van der Waals surface area contributed by atoms with Crippen molar-refractivity contribution in [3.63, 3.8) is 0 Å². The Balaban J connectivity index is 0.840. The number of aromatic amines is 1. The number of hydroxylamine groups is 1. The second kappa shape index (κ2) is 20.7. The molecule has 2 aliphatic heterocycles. The molecule has 2 saturated heterocycles. The molecule has 4 aromatic heterocycles. The number of piperidine rings is 1. The molecular weight excluding hydrogens is 948 g/mol. The second-order valence-electron chi connectivity index (χ2n) is 21.5. The number of piperazine rings is 1. The van der Waals surface area contributed by atoms with Gasteiger partial charge in [-0.05, 0) is 123 Å². The Bertz CT molecular complexity index is 3040. The maximum Gasteiger partial charge on any atom is 0.268 e. The van der Waals surface area contributed by atoms with Gasteiger partial charge in [0.25, 0.3) is 15.9 Å². The predicted octanol–water partition coefficient (Wildman–Crippen LogP) is 7.83. The Morgan fingerprint density at radius 1 is 0.986 bits per heavy atom. The van der Waals surface area contributed by atoms with Gasteiger partial charge in [0.15, 0.2) is 11.5 Å². The minimum atomic E-state index is -4.55. The molecule has 5 N–H and O–H groups in total. The number of carbonyl (C=O) groups excluding carboxylic acids is 1. The summed E-state index contributed by atoms with van der Waals surface area (Å²) < 4.78 is 51.0. The number of nitrogens with zero attached hydrogens (tertiary/aromatic N) is 6. The molecule has 4 aliphatic rings. The molecule has 16 nitrogen and oxygen atoms in total. The number of amides is 1. The predicted molar refractivity (Wildman–Crippen MR) is 279 cm³/mol. The molecule has 386 valence electrons. The minimum Gasteiger partial charge on any atom is -0.629 e. The van der Waals surface area contributed by atoms with Crippen LogP contribution < -0.4 is 24.7 Å². The molecule has 6 aromatic rings. The summed E-state index contributed by atoms with van der Waals surface area (Å²) in [6, 6.07) is 21.7. The van der Waals surface area contributed by atoms with Crippen LogP contribution in [-0.2, 0) is 16.6 Å². The van der Waals surface area contributed by atoms with Crippen molar-refractivity contribution in [3.8, 4) is 11.5 Å². The van der Waals surface area contributed by atoms with Crippen molar-refractivity contribution in [2.75, 3.05) is 56.5 Å². The highest BCUT2D eigenvalue weighted by molar-refractivity contribution is 7.90. The van der Waals surface area contributed by atoms with Crippen molar-refractivity contribution in [1.82, 2.24) is 34.5 Å². The lowest BCUT2D eigenvalue weighted by Crippen LogP contribution is -2.98. The van der Waals surface area contributed by atoms with Crippen molar-refractivity contribution in [2.45, 2.75) is 107 Å². The third-order valence-corrected chi connectivity index (χ3v) is 17.3. The average molecular weight is 1020 g/mol. The van der Waals surface area contributed by atoms with Gasteiger partial charge in [0.1, 0.15) is 27.9 Å². The zero-order chi connectivity index (χ0) is 51.1. The highest BCUT2D eigenvalue weighted by Crippen LogP contribution is 2.53. The number of fused-ring (bicyclic) bond motifs is 1. The van der Waals surface area contributed by atoms with Crippen molar-refractivity contribution >= 4 is 44.2 Å². The molecular formula is C55H67FN10O6S. The second-order valence-corrected chi connectivity index (χ2v) is 23.2. The van der Waals surface area contributed by atoms with Gasteiger partial charge >= 0.3 is 0 Å². The third-order valence-electron chi connectivity index (χ3n) is 16.0. The van der Waals surface area contributed by atoms with Gasteiger partial charge in [0.2, 0.25) is 0 Å². The van der Waals surface area contributed by atoms with Crippen LogP contribution in [0.15, 0.2) is 103 Å². The highest BCUT2D eigenvalue weighted by Gasteiger charge is 2.50. The first-order valence-corrected chi connectivity index (χ1v) is 27.2. The zero-order valence-electron chi connectivity index (χ0n) is 42.1. The number of nitrogens with one attached hydrogen (secondary N) is 4. The van der Waals surface area contributed by atoms with Crippen molar-refractivity contribution in [1.29, 1.82) is 0 Å². The molecule has 6 heterocycles. The first kappa shape index (κ1) is 50.5. The fraction of sp³-hybridized carbons (Fsp3) is 0.455. The van der Waals surface area contributed by atoms with Gasteiger partial charge < -0.3 is 35.3 Å². The van der Waals surface area contributed by atoms with Crippen LogP contribution in [0.2, 0.25) is 0 Å². The fourth-order valence-corrected chi connectivity index (χ4v) is 12.7. The van der Waals surface area contributed by atoms with E-state index in [4.69, 9.17) is 4.74 Å². The Kier molecular flexibility index (Phi) is 14.3. The number of hydrogen-bond acceptors (Lipinski definition) is 13. The van der Waals surface area contributed by atoms with Crippen LogP contribution >= 0.6 is 0 Å². The normalized spacial score (nSPS) is 22.3. The van der Waals surface area contributed by atoms with E-state index in [1.807, 2.05) is 19.3 Å². The van der Waals surface area contributed by atoms with Crippen molar-refractivity contribution in [2.24, 2.45) is 11.3 Å². The van der Waals surface area contributed by atoms with Gasteiger partial charge in [-0.15, -0.1) is 0 Å². The molecule has 2 saturated carbocycles. The Labute approximate surface area is 427 Å². The summed E-state index contributed by atoms with van der Waals surface area (Å²) in [5.74, 6) is -0.351. The number of pyridine rings is 3. The molecule has 10 rings (SSSR count). The van der Waals surface area contributed by atoms with Gasteiger partial charge in [-0.3, -0.25) is 19.6 Å². The van der Waals surface area contributed by atoms with Gasteiger partial charge in [0, 0.05) is 94.3 Å². The van der Waals surface area contributed by atoms with Crippen LogP contribution in [0.5, 0.6) is 11.5 Å². The molecule has 1 spiro atoms. The summed E-state index contributed by atoms with van der Waals surface area (Å²) in [7, 11) is -3.22. The molecule has 1 unspecified atom stereocenters. The summed E-state index contributed by atoms with van der Waals surface area (Å²) in [4.78, 5) is 37.1. The number of anilines is 2. The van der Waals surface area contributed by atoms with Gasteiger partial charge in [-0.1, -0.05) is 38.1 Å². The summed E-state index contributed by atoms with van der Waals surface area (Å²) in [5, 5.41) is 26.2. The largest absolute Gasteiger partial charge is 0.629 e. The lowest BCUT2D eigenvalue weighted by Gasteiger charge is -2.58. The quantitative estimate of drug-likeness (QED) is 0.0625. The van der Waals surface area contributed by atoms with E-state index in [0.29, 0.717) is 43.0 Å². The molecule has 73 heavy (non-hydrogen) atoms. The standard InChI is InChI=1S/C55H67FN10O6S/c1-36(2)43-7-5-6-8-44(43)49-35-64(34-38-13-19-57-20-14-38)23-24-66(49)40-28-55(29-40)17-21-65(22-18-55)39-9-10-45(50(25-39)72-41-26-46-47(56)33-61-51(46)59-31-41)53(67)62-73(70,71)42-27-48(63(4)69)52(60-32-42)58-30-37-11-15-54(3,68)16-12-37/h5-10,13-14,19-20,25-27,31-33,36-37,40,49,63,68H,11-12,15-18,21-24,28-30,34-35H2,1-4H3,(H,58,60)(H,59,61)(H,62,67)/t37-,49-,54-/m0/s1. The first-order chi connectivity index (χ1) is 35.0. The van der Waals surface area contributed by atoms with E-state index in [1.165, 1.54) is 48.3 Å². The highest BCUT2D eigenvalue weighted by atomic mass is 32.2. The molecule has 2 atom stereocenters. The monoisotopic (exact) mass is 1010 g/mol. The van der Waals surface area contributed by atoms with Gasteiger partial charge in [-0.25, -0.2) is 27.5 Å². The van der Waals surface area contributed by atoms with Crippen LogP contribution in [0.25, 0.3) is 11.0 Å². The summed E-state index contributed by atoms with van der Waals surface area (Å²) in [5.41, 5.74) is 4.77. The number of H-pyrrole nitrogens is 1. The number of sulfonamides is 1. The van der Waals surface area contributed by atoms with E-state index in [0.717, 1.165) is 89.7 Å². The minimum absolute atomic E-state index is 0.0633. The van der Waals surface area contributed by atoms with E-state index < -0.39 is 32.4 Å². The van der Waals surface area contributed by atoms with Crippen molar-refractivity contribution < 1.29 is 32.5 Å². The fourth-order valence-electron chi connectivity index (χ4n) is 11.7. The lowest BCUT2D eigenvalue weighted by atomic mass is 9.59. The van der Waals surface area contributed by atoms with Crippen LogP contribution in [0.3, 0.4) is 0 Å². The SMILES string of the molecule is CC(C)c1ccccc1[C@@H]1CN(Cc2ccncc2)CCN1C1CC2(CCN(c3ccc(C(=O)NS(=O)(=O)c4cnc(NC[C@H]5CC[C@](C)(O)CC5)c([NH+](C)[O-])c4)c(Oc4cnc5[nH]cc(F)c5c4)c3)CC2)C1.